The van der Waals surface area contributed by atoms with Crippen LogP contribution in [0.2, 0.25) is 0 Å². The van der Waals surface area contributed by atoms with Crippen LogP contribution in [0.1, 0.15) is 24.9 Å². The van der Waals surface area contributed by atoms with Crippen LogP contribution < -0.4 is 15.4 Å². The van der Waals surface area contributed by atoms with Crippen molar-refractivity contribution >= 4 is 23.5 Å². The Morgan fingerprint density at radius 3 is 2.20 bits per heavy atom. The Morgan fingerprint density at radius 1 is 1.00 bits per heavy atom. The first-order chi connectivity index (χ1) is 14.1. The van der Waals surface area contributed by atoms with Gasteiger partial charge in [-0.1, -0.05) is 30.3 Å². The quantitative estimate of drug-likeness (QED) is 0.634. The van der Waals surface area contributed by atoms with Gasteiger partial charge in [-0.15, -0.1) is 13.2 Å². The lowest BCUT2D eigenvalue weighted by Gasteiger charge is -2.17. The van der Waals surface area contributed by atoms with Gasteiger partial charge >= 0.3 is 12.3 Å². The summed E-state index contributed by atoms with van der Waals surface area (Å²) in [7, 11) is 0. The first kappa shape index (κ1) is 22.7. The first-order valence-electron chi connectivity index (χ1n) is 8.76. The van der Waals surface area contributed by atoms with E-state index in [1.54, 1.807) is 30.3 Å². The van der Waals surface area contributed by atoms with Crippen molar-refractivity contribution in [3.05, 3.63) is 60.2 Å². The third-order valence-electron chi connectivity index (χ3n) is 3.69. The Labute approximate surface area is 170 Å². The summed E-state index contributed by atoms with van der Waals surface area (Å²) in [4.78, 5) is 35.3. The molecule has 0 aromatic heterocycles. The van der Waals surface area contributed by atoms with Gasteiger partial charge in [0.15, 0.2) is 6.61 Å². The molecule has 0 saturated heterocycles. The topological polar surface area (TPSA) is 93.7 Å². The molecule has 0 fully saturated rings. The van der Waals surface area contributed by atoms with E-state index in [0.29, 0.717) is 5.56 Å². The lowest BCUT2D eigenvalue weighted by molar-refractivity contribution is -0.274. The van der Waals surface area contributed by atoms with Crippen molar-refractivity contribution in [1.82, 2.24) is 5.32 Å². The average molecular weight is 424 g/mol. The number of esters is 1. The minimum Gasteiger partial charge on any atom is -0.455 e. The number of anilines is 1. The van der Waals surface area contributed by atoms with E-state index >= 15 is 0 Å². The number of halogens is 3. The molecule has 0 radical (unpaired) electrons. The molecule has 2 rings (SSSR count). The first-order valence-corrected chi connectivity index (χ1v) is 8.76. The van der Waals surface area contributed by atoms with Crippen molar-refractivity contribution in [1.29, 1.82) is 0 Å². The molecule has 7 nitrogen and oxygen atoms in total. The monoisotopic (exact) mass is 424 g/mol. The van der Waals surface area contributed by atoms with Crippen molar-refractivity contribution < 1.29 is 37.0 Å². The average Bonchev–Trinajstić information content (AvgIpc) is 2.67. The Balaban J connectivity index is 1.84. The van der Waals surface area contributed by atoms with Gasteiger partial charge in [0, 0.05) is 12.6 Å². The largest absolute Gasteiger partial charge is 0.573 e. The fraction of sp³-hybridized carbons (Fsp3) is 0.250. The van der Waals surface area contributed by atoms with E-state index in [9.17, 15) is 27.6 Å². The van der Waals surface area contributed by atoms with Gasteiger partial charge in [0.2, 0.25) is 5.91 Å². The highest BCUT2D eigenvalue weighted by Gasteiger charge is 2.31. The lowest BCUT2D eigenvalue weighted by atomic mass is 10.0. The molecule has 2 N–H and O–H groups in total. The molecule has 0 heterocycles. The van der Waals surface area contributed by atoms with Gasteiger partial charge in [-0.3, -0.25) is 14.4 Å². The fourth-order valence-corrected chi connectivity index (χ4v) is 2.49. The van der Waals surface area contributed by atoms with Gasteiger partial charge in [-0.05, 0) is 29.8 Å². The Kier molecular flexibility index (Phi) is 7.79. The molecule has 0 aliphatic heterocycles. The maximum Gasteiger partial charge on any atom is 0.573 e. The number of carbonyl (C=O) groups excluding carboxylic acids is 3. The van der Waals surface area contributed by atoms with E-state index in [1.165, 1.54) is 19.1 Å². The number of rotatable bonds is 8. The molecule has 1 unspecified atom stereocenters. The van der Waals surface area contributed by atoms with Crippen LogP contribution in [0.15, 0.2) is 54.6 Å². The number of hydrogen-bond acceptors (Lipinski definition) is 5. The van der Waals surface area contributed by atoms with Crippen LogP contribution in [0.25, 0.3) is 0 Å². The van der Waals surface area contributed by atoms with Crippen LogP contribution in [0, 0.1) is 0 Å². The van der Waals surface area contributed by atoms with Crippen molar-refractivity contribution in [3.8, 4) is 5.75 Å². The summed E-state index contributed by atoms with van der Waals surface area (Å²) in [6.45, 7) is 0.723. The zero-order valence-electron chi connectivity index (χ0n) is 15.9. The second-order valence-electron chi connectivity index (χ2n) is 6.15. The van der Waals surface area contributed by atoms with Crippen LogP contribution in [0.3, 0.4) is 0 Å². The van der Waals surface area contributed by atoms with Crippen LogP contribution in [-0.2, 0) is 19.1 Å². The summed E-state index contributed by atoms with van der Waals surface area (Å²) in [6, 6.07) is 12.7. The fourth-order valence-electron chi connectivity index (χ4n) is 2.49. The number of amides is 2. The van der Waals surface area contributed by atoms with Crippen molar-refractivity contribution in [3.63, 3.8) is 0 Å². The summed E-state index contributed by atoms with van der Waals surface area (Å²) >= 11 is 0. The number of nitrogens with one attached hydrogen (secondary N) is 2. The molecule has 2 aromatic carbocycles. The normalized spacial score (nSPS) is 11.9. The molecule has 10 heteroatoms. The molecule has 0 saturated carbocycles. The van der Waals surface area contributed by atoms with Crippen LogP contribution in [-0.4, -0.2) is 30.8 Å². The number of benzene rings is 2. The maximum absolute atomic E-state index is 12.1. The number of ether oxygens (including phenoxy) is 2. The molecular weight excluding hydrogens is 405 g/mol. The SMILES string of the molecule is CC(=O)NC(CC(=O)OCC(=O)Nc1ccc(OC(F)(F)F)cc1)c1ccccc1. The van der Waals surface area contributed by atoms with Crippen molar-refractivity contribution in [2.75, 3.05) is 11.9 Å². The van der Waals surface area contributed by atoms with Crippen LogP contribution in [0.5, 0.6) is 5.75 Å². The maximum atomic E-state index is 12.1. The second-order valence-corrected chi connectivity index (χ2v) is 6.15. The molecule has 30 heavy (non-hydrogen) atoms. The highest BCUT2D eigenvalue weighted by molar-refractivity contribution is 5.92. The smallest absolute Gasteiger partial charge is 0.455 e. The Hall–Kier alpha value is -3.56. The molecule has 0 bridgehead atoms. The summed E-state index contributed by atoms with van der Waals surface area (Å²) in [5, 5.41) is 5.03. The van der Waals surface area contributed by atoms with E-state index in [2.05, 4.69) is 15.4 Å². The van der Waals surface area contributed by atoms with Gasteiger partial charge < -0.3 is 20.1 Å². The molecule has 2 aromatic rings. The third kappa shape index (κ3) is 8.21. The van der Waals surface area contributed by atoms with Gasteiger partial charge in [0.25, 0.3) is 5.91 Å². The third-order valence-corrected chi connectivity index (χ3v) is 3.69. The minimum atomic E-state index is -4.81. The van der Waals surface area contributed by atoms with Crippen LogP contribution >= 0.6 is 0 Å². The Bertz CT molecular complexity index is 870. The number of carbonyl (C=O) groups is 3. The molecule has 0 aliphatic carbocycles. The van der Waals surface area contributed by atoms with Crippen LogP contribution in [0.4, 0.5) is 18.9 Å². The zero-order chi connectivity index (χ0) is 22.1. The number of hydrogen-bond donors (Lipinski definition) is 2. The zero-order valence-corrected chi connectivity index (χ0v) is 15.9. The molecular formula is C20H19F3N2O5. The van der Waals surface area contributed by atoms with Gasteiger partial charge in [-0.25, -0.2) is 0 Å². The van der Waals surface area contributed by atoms with Crippen molar-refractivity contribution in [2.24, 2.45) is 0 Å². The lowest BCUT2D eigenvalue weighted by Crippen LogP contribution is -2.29. The molecule has 2 amide bonds. The molecule has 0 aliphatic rings. The van der Waals surface area contributed by atoms with Gasteiger partial charge in [0.05, 0.1) is 12.5 Å². The summed E-state index contributed by atoms with van der Waals surface area (Å²) in [6.07, 6.45) is -4.99. The van der Waals surface area contributed by atoms with Gasteiger partial charge in [0.1, 0.15) is 5.75 Å². The minimum absolute atomic E-state index is 0.180. The standard InChI is InChI=1S/C20H19F3N2O5/c1-13(26)24-17(14-5-3-2-4-6-14)11-19(28)29-12-18(27)25-15-7-9-16(10-8-15)30-20(21,22)23/h2-10,17H,11-12H2,1H3,(H,24,26)(H,25,27). The van der Waals surface area contributed by atoms with Gasteiger partial charge in [-0.2, -0.15) is 0 Å². The highest BCUT2D eigenvalue weighted by atomic mass is 19.4. The summed E-state index contributed by atoms with van der Waals surface area (Å²) < 4.78 is 45.1. The summed E-state index contributed by atoms with van der Waals surface area (Å²) in [5.74, 6) is -2.14. The van der Waals surface area contributed by atoms with E-state index in [4.69, 9.17) is 4.74 Å². The predicted molar refractivity (Wildman–Crippen MR) is 100 cm³/mol. The van der Waals surface area contributed by atoms with E-state index in [1.807, 2.05) is 0 Å². The van der Waals surface area contributed by atoms with E-state index in [-0.39, 0.29) is 18.0 Å². The molecule has 0 spiro atoms. The Morgan fingerprint density at radius 2 is 1.63 bits per heavy atom. The molecule has 1 atom stereocenters. The molecule has 160 valence electrons. The van der Waals surface area contributed by atoms with E-state index < -0.39 is 36.6 Å². The van der Waals surface area contributed by atoms with E-state index in [0.717, 1.165) is 12.1 Å². The predicted octanol–water partition coefficient (Wildman–Crippen LogP) is 3.33. The summed E-state index contributed by atoms with van der Waals surface area (Å²) in [5.41, 5.74) is 0.904. The highest BCUT2D eigenvalue weighted by Crippen LogP contribution is 2.24. The van der Waals surface area contributed by atoms with Crippen molar-refractivity contribution in [2.45, 2.75) is 25.7 Å². The number of alkyl halides is 3. The second kappa shape index (κ2) is 10.3.